The minimum atomic E-state index is -0.683. The highest BCUT2D eigenvalue weighted by molar-refractivity contribution is 6.36. The molecule has 2 nitrogen and oxygen atoms in total. The van der Waals surface area contributed by atoms with Crippen molar-refractivity contribution in [3.8, 4) is 0 Å². The van der Waals surface area contributed by atoms with Gasteiger partial charge in [-0.05, 0) is 37.0 Å². The van der Waals surface area contributed by atoms with Gasteiger partial charge in [-0.3, -0.25) is 4.79 Å². The van der Waals surface area contributed by atoms with Crippen LogP contribution in [0.15, 0.2) is 18.2 Å². The number of benzene rings is 1. The van der Waals surface area contributed by atoms with E-state index in [0.717, 1.165) is 5.56 Å². The van der Waals surface area contributed by atoms with Crippen LogP contribution in [0.4, 0.5) is 0 Å². The standard InChI is InChI=1S/C12H10Cl2O2/c13-7-2-1-3-8(14)9(7)11-4-12(5-11,6-11)10(15)16/h1-3H,4-6H2,(H,15,16). The molecular weight excluding hydrogens is 247 g/mol. The molecule has 0 radical (unpaired) electrons. The Morgan fingerprint density at radius 3 is 2.12 bits per heavy atom. The molecule has 16 heavy (non-hydrogen) atoms. The number of rotatable bonds is 2. The molecule has 1 aromatic rings. The molecule has 0 atom stereocenters. The van der Waals surface area contributed by atoms with Gasteiger partial charge in [-0.2, -0.15) is 0 Å². The van der Waals surface area contributed by atoms with Crippen molar-refractivity contribution in [3.05, 3.63) is 33.8 Å². The Hall–Kier alpha value is -0.730. The number of carbonyl (C=O) groups is 1. The second-order valence-corrected chi connectivity index (χ2v) is 5.81. The Morgan fingerprint density at radius 2 is 1.69 bits per heavy atom. The first kappa shape index (κ1) is 10.4. The van der Waals surface area contributed by atoms with Crippen LogP contribution in [0.25, 0.3) is 0 Å². The Morgan fingerprint density at radius 1 is 1.19 bits per heavy atom. The monoisotopic (exact) mass is 256 g/mol. The van der Waals surface area contributed by atoms with Gasteiger partial charge in [0.2, 0.25) is 0 Å². The second kappa shape index (κ2) is 2.93. The van der Waals surface area contributed by atoms with E-state index in [-0.39, 0.29) is 5.41 Å². The Kier molecular flexibility index (Phi) is 1.91. The van der Waals surface area contributed by atoms with E-state index >= 15 is 0 Å². The van der Waals surface area contributed by atoms with E-state index in [0.29, 0.717) is 29.3 Å². The van der Waals surface area contributed by atoms with Crippen molar-refractivity contribution < 1.29 is 9.90 Å². The zero-order valence-corrected chi connectivity index (χ0v) is 9.98. The number of hydrogen-bond acceptors (Lipinski definition) is 1. The average Bonchev–Trinajstić information content (AvgIpc) is 2.04. The molecule has 2 bridgehead atoms. The molecule has 0 heterocycles. The maximum Gasteiger partial charge on any atom is 0.309 e. The van der Waals surface area contributed by atoms with E-state index in [4.69, 9.17) is 28.3 Å². The van der Waals surface area contributed by atoms with Crippen LogP contribution in [-0.2, 0) is 10.2 Å². The van der Waals surface area contributed by atoms with Crippen LogP contribution < -0.4 is 0 Å². The highest BCUT2D eigenvalue weighted by Crippen LogP contribution is 2.75. The third-order valence-corrected chi connectivity index (χ3v) is 4.61. The molecule has 4 heteroatoms. The maximum atomic E-state index is 11.0. The van der Waals surface area contributed by atoms with Crippen molar-refractivity contribution in [1.29, 1.82) is 0 Å². The van der Waals surface area contributed by atoms with E-state index in [1.54, 1.807) is 0 Å². The Balaban J connectivity index is 1.96. The van der Waals surface area contributed by atoms with Crippen molar-refractivity contribution in [2.75, 3.05) is 0 Å². The van der Waals surface area contributed by atoms with E-state index < -0.39 is 11.4 Å². The normalized spacial score (nSPS) is 35.1. The van der Waals surface area contributed by atoms with Gasteiger partial charge in [-0.1, -0.05) is 29.3 Å². The lowest BCUT2D eigenvalue weighted by atomic mass is 9.33. The van der Waals surface area contributed by atoms with Crippen LogP contribution in [0.3, 0.4) is 0 Å². The molecule has 1 aromatic carbocycles. The van der Waals surface area contributed by atoms with Gasteiger partial charge in [0.1, 0.15) is 0 Å². The lowest BCUT2D eigenvalue weighted by Crippen LogP contribution is -2.68. The van der Waals surface area contributed by atoms with Crippen molar-refractivity contribution in [1.82, 2.24) is 0 Å². The fraction of sp³-hybridized carbons (Fsp3) is 0.417. The number of halogens is 2. The molecule has 0 amide bonds. The summed E-state index contributed by atoms with van der Waals surface area (Å²) in [6.45, 7) is 0. The fourth-order valence-electron chi connectivity index (χ4n) is 3.28. The highest BCUT2D eigenvalue weighted by atomic mass is 35.5. The molecule has 4 rings (SSSR count). The summed E-state index contributed by atoms with van der Waals surface area (Å²) >= 11 is 12.3. The Bertz CT molecular complexity index is 456. The van der Waals surface area contributed by atoms with Crippen LogP contribution in [0.2, 0.25) is 10.0 Å². The summed E-state index contributed by atoms with van der Waals surface area (Å²) in [5.74, 6) is -0.683. The first-order valence-corrected chi connectivity index (χ1v) is 5.93. The Labute approximate surface area is 103 Å². The highest BCUT2D eigenvalue weighted by Gasteiger charge is 2.73. The summed E-state index contributed by atoms with van der Waals surface area (Å²) in [7, 11) is 0. The SMILES string of the molecule is O=C(O)C12CC(c3c(Cl)cccc3Cl)(C1)C2. The lowest BCUT2D eigenvalue weighted by Gasteiger charge is -2.68. The zero-order valence-electron chi connectivity index (χ0n) is 8.46. The smallest absolute Gasteiger partial charge is 0.309 e. The predicted octanol–water partition coefficient (Wildman–Crippen LogP) is 3.50. The van der Waals surface area contributed by atoms with Gasteiger partial charge in [0.15, 0.2) is 0 Å². The molecule has 0 spiro atoms. The minimum absolute atomic E-state index is 0.0617. The fourth-order valence-corrected chi connectivity index (χ4v) is 4.08. The number of carboxylic acid groups (broad SMARTS) is 1. The van der Waals surface area contributed by atoms with E-state index in [2.05, 4.69) is 0 Å². The second-order valence-electron chi connectivity index (χ2n) is 4.99. The minimum Gasteiger partial charge on any atom is -0.481 e. The van der Waals surface area contributed by atoms with Gasteiger partial charge in [-0.25, -0.2) is 0 Å². The van der Waals surface area contributed by atoms with Crippen molar-refractivity contribution in [2.45, 2.75) is 24.7 Å². The zero-order chi connectivity index (χ0) is 11.6. The third-order valence-electron chi connectivity index (χ3n) is 3.98. The molecule has 1 N–H and O–H groups in total. The van der Waals surface area contributed by atoms with E-state index in [1.165, 1.54) is 0 Å². The van der Waals surface area contributed by atoms with Crippen molar-refractivity contribution >= 4 is 29.2 Å². The van der Waals surface area contributed by atoms with Crippen molar-refractivity contribution in [3.63, 3.8) is 0 Å². The summed E-state index contributed by atoms with van der Waals surface area (Å²) in [6, 6.07) is 5.44. The van der Waals surface area contributed by atoms with Gasteiger partial charge < -0.3 is 5.11 Å². The predicted molar refractivity (Wildman–Crippen MR) is 62.1 cm³/mol. The molecule has 0 aromatic heterocycles. The van der Waals surface area contributed by atoms with Crippen LogP contribution in [0.1, 0.15) is 24.8 Å². The maximum absolute atomic E-state index is 11.0. The van der Waals surface area contributed by atoms with Crippen LogP contribution in [-0.4, -0.2) is 11.1 Å². The van der Waals surface area contributed by atoms with Crippen LogP contribution >= 0.6 is 23.2 Å². The van der Waals surface area contributed by atoms with Gasteiger partial charge in [-0.15, -0.1) is 0 Å². The van der Waals surface area contributed by atoms with Crippen molar-refractivity contribution in [2.24, 2.45) is 5.41 Å². The molecule has 3 saturated carbocycles. The number of carboxylic acids is 1. The summed E-state index contributed by atoms with van der Waals surface area (Å²) in [5, 5.41) is 10.4. The first-order valence-electron chi connectivity index (χ1n) is 5.17. The van der Waals surface area contributed by atoms with Crippen LogP contribution in [0.5, 0.6) is 0 Å². The topological polar surface area (TPSA) is 37.3 Å². The van der Waals surface area contributed by atoms with Crippen LogP contribution in [0, 0.1) is 5.41 Å². The molecular formula is C12H10Cl2O2. The lowest BCUT2D eigenvalue weighted by molar-refractivity contribution is -0.194. The van der Waals surface area contributed by atoms with Gasteiger partial charge in [0.05, 0.1) is 5.41 Å². The molecule has 0 aliphatic heterocycles. The van der Waals surface area contributed by atoms with Gasteiger partial charge in [0, 0.05) is 15.5 Å². The molecule has 0 unspecified atom stereocenters. The third kappa shape index (κ3) is 1.07. The summed E-state index contributed by atoms with van der Waals surface area (Å²) in [6.07, 6.45) is 2.04. The summed E-state index contributed by atoms with van der Waals surface area (Å²) in [5.41, 5.74) is 0.400. The molecule has 3 aliphatic rings. The van der Waals surface area contributed by atoms with Gasteiger partial charge in [0.25, 0.3) is 0 Å². The van der Waals surface area contributed by atoms with E-state index in [1.807, 2.05) is 18.2 Å². The first-order chi connectivity index (χ1) is 7.49. The summed E-state index contributed by atoms with van der Waals surface area (Å²) < 4.78 is 0. The molecule has 3 fully saturated rings. The molecule has 3 aliphatic carbocycles. The number of aliphatic carboxylic acids is 1. The number of hydrogen-bond donors (Lipinski definition) is 1. The van der Waals surface area contributed by atoms with E-state index in [9.17, 15) is 4.79 Å². The quantitative estimate of drug-likeness (QED) is 0.880. The summed E-state index contributed by atoms with van der Waals surface area (Å²) in [4.78, 5) is 11.0. The van der Waals surface area contributed by atoms with Gasteiger partial charge >= 0.3 is 5.97 Å². The average molecular weight is 257 g/mol. The largest absolute Gasteiger partial charge is 0.481 e. The molecule has 84 valence electrons. The molecule has 0 saturated heterocycles.